The molecule has 0 unspecified atom stereocenters. The third-order valence-corrected chi connectivity index (χ3v) is 1.62. The first-order chi connectivity index (χ1) is 5.54. The fourth-order valence-corrected chi connectivity index (χ4v) is 1.01. The number of carbonyl (C=O) groups excluding carboxylic acids is 2. The summed E-state index contributed by atoms with van der Waals surface area (Å²) in [7, 11) is 0. The van der Waals surface area contributed by atoms with Crippen molar-refractivity contribution in [2.75, 3.05) is 0 Å². The van der Waals surface area contributed by atoms with Gasteiger partial charge in [-0.3, -0.25) is 9.59 Å². The lowest BCUT2D eigenvalue weighted by Gasteiger charge is -2.23. The van der Waals surface area contributed by atoms with Crippen molar-refractivity contribution < 1.29 is 14.3 Å². The van der Waals surface area contributed by atoms with Gasteiger partial charge in [0.05, 0.1) is 0 Å². The summed E-state index contributed by atoms with van der Waals surface area (Å²) in [5.41, 5.74) is -1.10. The molecule has 0 saturated carbocycles. The third kappa shape index (κ3) is 1.61. The first kappa shape index (κ1) is 8.71. The van der Waals surface area contributed by atoms with Crippen molar-refractivity contribution in [2.24, 2.45) is 0 Å². The summed E-state index contributed by atoms with van der Waals surface area (Å²) in [6.45, 7) is 2.85. The Balaban J connectivity index is 2.83. The minimum absolute atomic E-state index is 0.208. The summed E-state index contributed by atoms with van der Waals surface area (Å²) < 4.78 is 4.86. The van der Waals surface area contributed by atoms with Crippen LogP contribution in [0.2, 0.25) is 0 Å². The maximum Gasteiger partial charge on any atom is 0.303 e. The molecule has 3 nitrogen and oxygen atoms in total. The van der Waals surface area contributed by atoms with Crippen molar-refractivity contribution in [1.29, 1.82) is 0 Å². The van der Waals surface area contributed by atoms with Crippen LogP contribution in [0, 0.1) is 0 Å². The van der Waals surface area contributed by atoms with Crippen molar-refractivity contribution in [3.8, 4) is 0 Å². The van der Waals surface area contributed by atoms with Gasteiger partial charge in [-0.2, -0.15) is 0 Å². The highest BCUT2D eigenvalue weighted by molar-refractivity contribution is 6.00. The van der Waals surface area contributed by atoms with Crippen LogP contribution in [0.3, 0.4) is 0 Å². The highest BCUT2D eigenvalue weighted by Crippen LogP contribution is 2.18. The summed E-state index contributed by atoms with van der Waals surface area (Å²) in [6.07, 6.45) is 6.26. The zero-order valence-corrected chi connectivity index (χ0v) is 7.03. The van der Waals surface area contributed by atoms with E-state index in [4.69, 9.17) is 4.74 Å². The van der Waals surface area contributed by atoms with E-state index in [1.807, 2.05) is 0 Å². The van der Waals surface area contributed by atoms with Gasteiger partial charge in [-0.25, -0.2) is 0 Å². The van der Waals surface area contributed by atoms with E-state index in [1.165, 1.54) is 13.0 Å². The van der Waals surface area contributed by atoms with Gasteiger partial charge in [-0.1, -0.05) is 12.2 Å². The van der Waals surface area contributed by atoms with Crippen molar-refractivity contribution in [3.05, 3.63) is 24.3 Å². The van der Waals surface area contributed by atoms with Crippen LogP contribution < -0.4 is 0 Å². The molecule has 0 aliphatic heterocycles. The van der Waals surface area contributed by atoms with Gasteiger partial charge in [0, 0.05) is 6.92 Å². The van der Waals surface area contributed by atoms with Gasteiger partial charge >= 0.3 is 5.97 Å². The molecule has 0 aromatic heterocycles. The van der Waals surface area contributed by atoms with Crippen molar-refractivity contribution in [1.82, 2.24) is 0 Å². The quantitative estimate of drug-likeness (QED) is 0.546. The Kier molecular flexibility index (Phi) is 2.13. The molecule has 1 atom stereocenters. The van der Waals surface area contributed by atoms with Crippen LogP contribution in [-0.2, 0) is 14.3 Å². The molecule has 0 aromatic rings. The Hall–Kier alpha value is -1.38. The van der Waals surface area contributed by atoms with Gasteiger partial charge in [-0.15, -0.1) is 0 Å². The molecule has 0 spiro atoms. The zero-order chi connectivity index (χ0) is 9.19. The van der Waals surface area contributed by atoms with Gasteiger partial charge in [0.15, 0.2) is 5.60 Å². The number of esters is 1. The first-order valence-electron chi connectivity index (χ1n) is 3.64. The summed E-state index contributed by atoms with van der Waals surface area (Å²) in [5.74, 6) is -0.661. The number of hydrogen-bond donors (Lipinski definition) is 0. The summed E-state index contributed by atoms with van der Waals surface area (Å²) in [5, 5.41) is 0. The fraction of sp³-hybridized carbons (Fsp3) is 0.333. The molecular weight excluding hydrogens is 156 g/mol. The van der Waals surface area contributed by atoms with E-state index in [9.17, 15) is 9.59 Å². The van der Waals surface area contributed by atoms with Crippen LogP contribution in [-0.4, -0.2) is 17.4 Å². The third-order valence-electron chi connectivity index (χ3n) is 1.62. The summed E-state index contributed by atoms with van der Waals surface area (Å²) in [6, 6.07) is 0. The second kappa shape index (κ2) is 2.93. The molecule has 0 amide bonds. The molecule has 0 fully saturated rings. The molecule has 0 radical (unpaired) electrons. The number of ether oxygens (including phenoxy) is 1. The monoisotopic (exact) mass is 166 g/mol. The highest BCUT2D eigenvalue weighted by atomic mass is 16.6. The minimum Gasteiger partial charge on any atom is -0.447 e. The Morgan fingerprint density at radius 3 is 2.67 bits per heavy atom. The van der Waals surface area contributed by atoms with Crippen molar-refractivity contribution >= 4 is 11.8 Å². The lowest BCUT2D eigenvalue weighted by molar-refractivity contribution is -0.157. The molecule has 1 aliphatic rings. The lowest BCUT2D eigenvalue weighted by atomic mass is 9.96. The van der Waals surface area contributed by atoms with Crippen LogP contribution >= 0.6 is 0 Å². The molecule has 0 heterocycles. The molecule has 0 bridgehead atoms. The van der Waals surface area contributed by atoms with E-state index in [0.717, 1.165) is 0 Å². The number of allylic oxidation sites excluding steroid dienone is 2. The van der Waals surface area contributed by atoms with E-state index in [0.29, 0.717) is 0 Å². The molecule has 64 valence electrons. The average molecular weight is 166 g/mol. The van der Waals surface area contributed by atoms with E-state index in [1.54, 1.807) is 25.2 Å². The van der Waals surface area contributed by atoms with Crippen LogP contribution in [0.1, 0.15) is 13.8 Å². The van der Waals surface area contributed by atoms with Gasteiger partial charge in [0.25, 0.3) is 0 Å². The smallest absolute Gasteiger partial charge is 0.303 e. The normalized spacial score (nSPS) is 27.3. The first-order valence-corrected chi connectivity index (χ1v) is 3.64. The Bertz CT molecular complexity index is 275. The zero-order valence-electron chi connectivity index (χ0n) is 7.03. The Morgan fingerprint density at radius 1 is 1.50 bits per heavy atom. The highest BCUT2D eigenvalue weighted by Gasteiger charge is 2.32. The second-order valence-corrected chi connectivity index (χ2v) is 2.78. The second-order valence-electron chi connectivity index (χ2n) is 2.78. The van der Waals surface area contributed by atoms with Gasteiger partial charge < -0.3 is 4.74 Å². The van der Waals surface area contributed by atoms with Crippen molar-refractivity contribution in [2.45, 2.75) is 19.4 Å². The lowest BCUT2D eigenvalue weighted by Crippen LogP contribution is -2.37. The number of carbonyl (C=O) groups is 2. The molecule has 1 rings (SSSR count). The standard InChI is InChI=1S/C9H10O3/c1-7(10)12-9(2)6-4-3-5-8(9)11/h3-6H,1-2H3/t9-/m0/s1. The topological polar surface area (TPSA) is 43.4 Å². The number of ketones is 1. The van der Waals surface area contributed by atoms with E-state index in [-0.39, 0.29) is 5.78 Å². The number of hydrogen-bond acceptors (Lipinski definition) is 3. The maximum atomic E-state index is 11.2. The molecule has 1 aliphatic carbocycles. The van der Waals surface area contributed by atoms with Gasteiger partial charge in [0.1, 0.15) is 0 Å². The molecule has 3 heteroatoms. The largest absolute Gasteiger partial charge is 0.447 e. The molecule has 0 aromatic carbocycles. The number of rotatable bonds is 1. The van der Waals surface area contributed by atoms with E-state index in [2.05, 4.69) is 0 Å². The predicted molar refractivity (Wildman–Crippen MR) is 43.5 cm³/mol. The summed E-state index contributed by atoms with van der Waals surface area (Å²) in [4.78, 5) is 21.9. The Morgan fingerprint density at radius 2 is 2.17 bits per heavy atom. The summed E-state index contributed by atoms with van der Waals surface area (Å²) >= 11 is 0. The average Bonchev–Trinajstić information content (AvgIpc) is 1.94. The fourth-order valence-electron chi connectivity index (χ4n) is 1.01. The van der Waals surface area contributed by atoms with Crippen LogP contribution in [0.15, 0.2) is 24.3 Å². The predicted octanol–water partition coefficient (Wildman–Crippen LogP) is 1.00. The molecular formula is C9H10O3. The van der Waals surface area contributed by atoms with Gasteiger partial charge in [-0.05, 0) is 19.1 Å². The van der Waals surface area contributed by atoms with Crippen molar-refractivity contribution in [3.63, 3.8) is 0 Å². The van der Waals surface area contributed by atoms with Crippen LogP contribution in [0.5, 0.6) is 0 Å². The van der Waals surface area contributed by atoms with E-state index >= 15 is 0 Å². The molecule has 0 saturated heterocycles. The Labute approximate surface area is 70.7 Å². The van der Waals surface area contributed by atoms with E-state index < -0.39 is 11.6 Å². The van der Waals surface area contributed by atoms with Crippen LogP contribution in [0.25, 0.3) is 0 Å². The molecule has 12 heavy (non-hydrogen) atoms. The minimum atomic E-state index is -1.10. The molecule has 0 N–H and O–H groups in total. The van der Waals surface area contributed by atoms with Gasteiger partial charge in [0.2, 0.25) is 5.78 Å². The maximum absolute atomic E-state index is 11.2. The SMILES string of the molecule is CC(=O)O[C@@]1(C)C=CC=CC1=O. The van der Waals surface area contributed by atoms with Crippen LogP contribution in [0.4, 0.5) is 0 Å².